The van der Waals surface area contributed by atoms with Crippen molar-refractivity contribution < 1.29 is 4.52 Å². The van der Waals surface area contributed by atoms with Gasteiger partial charge in [-0.05, 0) is 37.4 Å². The van der Waals surface area contributed by atoms with Gasteiger partial charge in [-0.15, -0.1) is 0 Å². The van der Waals surface area contributed by atoms with Crippen LogP contribution in [0.1, 0.15) is 17.0 Å². The first-order valence-corrected chi connectivity index (χ1v) is 5.70. The van der Waals surface area contributed by atoms with Crippen molar-refractivity contribution in [3.05, 3.63) is 53.5 Å². The molecule has 0 saturated heterocycles. The van der Waals surface area contributed by atoms with Crippen molar-refractivity contribution in [2.24, 2.45) is 0 Å². The fourth-order valence-electron chi connectivity index (χ4n) is 2.12. The van der Waals surface area contributed by atoms with E-state index in [0.717, 1.165) is 18.0 Å². The second-order valence-electron chi connectivity index (χ2n) is 4.43. The van der Waals surface area contributed by atoms with Crippen LogP contribution in [-0.2, 0) is 6.54 Å². The number of fused-ring (bicyclic) bond motifs is 1. The van der Waals surface area contributed by atoms with Gasteiger partial charge in [-0.1, -0.05) is 16.8 Å². The van der Waals surface area contributed by atoms with Gasteiger partial charge in [-0.3, -0.25) is 0 Å². The Hall–Kier alpha value is -2.03. The van der Waals surface area contributed by atoms with E-state index in [0.29, 0.717) is 0 Å². The van der Waals surface area contributed by atoms with Crippen molar-refractivity contribution in [1.82, 2.24) is 9.72 Å². The smallest absolute Gasteiger partial charge is 0.133 e. The van der Waals surface area contributed by atoms with Crippen LogP contribution in [0.4, 0.5) is 0 Å². The first-order valence-electron chi connectivity index (χ1n) is 5.70. The number of benzene rings is 1. The lowest BCUT2D eigenvalue weighted by Gasteiger charge is -2.02. The molecule has 3 rings (SSSR count). The number of rotatable bonds is 2. The summed E-state index contributed by atoms with van der Waals surface area (Å²) in [4.78, 5) is 0. The van der Waals surface area contributed by atoms with Gasteiger partial charge in [0.05, 0.1) is 6.54 Å². The van der Waals surface area contributed by atoms with Gasteiger partial charge < -0.3 is 9.09 Å². The highest BCUT2D eigenvalue weighted by Gasteiger charge is 2.04. The highest BCUT2D eigenvalue weighted by molar-refractivity contribution is 5.80. The van der Waals surface area contributed by atoms with E-state index in [-0.39, 0.29) is 0 Å². The normalized spacial score (nSPS) is 11.2. The van der Waals surface area contributed by atoms with Gasteiger partial charge in [0.1, 0.15) is 11.5 Å². The first-order chi connectivity index (χ1) is 8.22. The zero-order chi connectivity index (χ0) is 11.8. The summed E-state index contributed by atoms with van der Waals surface area (Å²) < 4.78 is 7.27. The van der Waals surface area contributed by atoms with Gasteiger partial charge in [0.2, 0.25) is 0 Å². The second kappa shape index (κ2) is 3.77. The summed E-state index contributed by atoms with van der Waals surface area (Å²) in [6, 6.07) is 10.6. The Morgan fingerprint density at radius 3 is 2.82 bits per heavy atom. The molecule has 0 amide bonds. The molecule has 17 heavy (non-hydrogen) atoms. The van der Waals surface area contributed by atoms with E-state index in [1.165, 1.54) is 16.5 Å². The van der Waals surface area contributed by atoms with Crippen LogP contribution in [0.3, 0.4) is 0 Å². The van der Waals surface area contributed by atoms with Crippen molar-refractivity contribution in [2.45, 2.75) is 20.4 Å². The Morgan fingerprint density at radius 1 is 1.18 bits per heavy atom. The van der Waals surface area contributed by atoms with Gasteiger partial charge in [0.25, 0.3) is 0 Å². The molecule has 1 aromatic carbocycles. The van der Waals surface area contributed by atoms with Crippen molar-refractivity contribution in [3.8, 4) is 0 Å². The van der Waals surface area contributed by atoms with Crippen molar-refractivity contribution in [3.63, 3.8) is 0 Å². The van der Waals surface area contributed by atoms with Crippen LogP contribution in [0.2, 0.25) is 0 Å². The highest BCUT2D eigenvalue weighted by atomic mass is 16.5. The fraction of sp³-hybridized carbons (Fsp3) is 0.214. The van der Waals surface area contributed by atoms with Gasteiger partial charge in [-0.25, -0.2) is 0 Å². The molecule has 0 aliphatic heterocycles. The molecular weight excluding hydrogens is 212 g/mol. The van der Waals surface area contributed by atoms with Crippen LogP contribution in [0.15, 0.2) is 41.1 Å². The Bertz CT molecular complexity index is 664. The molecule has 3 heteroatoms. The molecule has 0 atom stereocenters. The summed E-state index contributed by atoms with van der Waals surface area (Å²) in [5.74, 6) is 0.854. The molecular formula is C14H14N2O. The molecule has 86 valence electrons. The van der Waals surface area contributed by atoms with E-state index in [1.807, 2.05) is 13.0 Å². The lowest BCUT2D eigenvalue weighted by molar-refractivity contribution is 0.389. The maximum atomic E-state index is 5.08. The quantitative estimate of drug-likeness (QED) is 0.671. The molecule has 0 radical (unpaired) electrons. The monoisotopic (exact) mass is 226 g/mol. The Kier molecular flexibility index (Phi) is 2.25. The maximum Gasteiger partial charge on any atom is 0.133 e. The molecule has 0 aliphatic carbocycles. The van der Waals surface area contributed by atoms with E-state index >= 15 is 0 Å². The van der Waals surface area contributed by atoms with E-state index in [2.05, 4.69) is 47.1 Å². The average Bonchev–Trinajstić information content (AvgIpc) is 2.86. The van der Waals surface area contributed by atoms with E-state index in [9.17, 15) is 0 Å². The topological polar surface area (TPSA) is 31.0 Å². The number of nitrogens with zero attached hydrogens (tertiary/aromatic N) is 2. The molecule has 0 unspecified atom stereocenters. The van der Waals surface area contributed by atoms with Crippen molar-refractivity contribution in [2.75, 3.05) is 0 Å². The van der Waals surface area contributed by atoms with Crippen LogP contribution < -0.4 is 0 Å². The van der Waals surface area contributed by atoms with E-state index < -0.39 is 0 Å². The van der Waals surface area contributed by atoms with Gasteiger partial charge in [-0.2, -0.15) is 0 Å². The van der Waals surface area contributed by atoms with Crippen molar-refractivity contribution in [1.29, 1.82) is 0 Å². The summed E-state index contributed by atoms with van der Waals surface area (Å²) >= 11 is 0. The Labute approximate surface area is 99.6 Å². The number of hydrogen-bond acceptors (Lipinski definition) is 2. The summed E-state index contributed by atoms with van der Waals surface area (Å²) in [5.41, 5.74) is 3.48. The molecule has 3 aromatic rings. The SMILES string of the molecule is Cc1ccc2c(ccn2Cc2cc(C)on2)c1. The molecule has 2 heterocycles. The molecule has 0 bridgehead atoms. The van der Waals surface area contributed by atoms with E-state index in [4.69, 9.17) is 4.52 Å². The lowest BCUT2D eigenvalue weighted by Crippen LogP contribution is -1.97. The summed E-state index contributed by atoms with van der Waals surface area (Å²) in [5, 5.41) is 5.29. The predicted octanol–water partition coefficient (Wildman–Crippen LogP) is 3.29. The zero-order valence-electron chi connectivity index (χ0n) is 9.97. The first kappa shape index (κ1) is 10.1. The van der Waals surface area contributed by atoms with Crippen LogP contribution >= 0.6 is 0 Å². The highest BCUT2D eigenvalue weighted by Crippen LogP contribution is 2.18. The number of aryl methyl sites for hydroxylation is 2. The standard InChI is InChI=1S/C14H14N2O/c1-10-3-4-14-12(7-10)5-6-16(14)9-13-8-11(2)17-15-13/h3-8H,9H2,1-2H3. The molecule has 0 aliphatic rings. The summed E-state index contributed by atoms with van der Waals surface area (Å²) in [6.07, 6.45) is 2.09. The average molecular weight is 226 g/mol. The summed E-state index contributed by atoms with van der Waals surface area (Å²) in [7, 11) is 0. The van der Waals surface area contributed by atoms with Crippen LogP contribution in [0.25, 0.3) is 10.9 Å². The van der Waals surface area contributed by atoms with Gasteiger partial charge >= 0.3 is 0 Å². The van der Waals surface area contributed by atoms with E-state index in [1.54, 1.807) is 0 Å². The number of aromatic nitrogens is 2. The maximum absolute atomic E-state index is 5.08. The molecule has 0 N–H and O–H groups in total. The minimum Gasteiger partial charge on any atom is -0.361 e. The minimum absolute atomic E-state index is 0.754. The van der Waals surface area contributed by atoms with Crippen LogP contribution in [-0.4, -0.2) is 9.72 Å². The molecule has 3 nitrogen and oxygen atoms in total. The number of hydrogen-bond donors (Lipinski definition) is 0. The molecule has 0 fully saturated rings. The Morgan fingerprint density at radius 2 is 2.06 bits per heavy atom. The lowest BCUT2D eigenvalue weighted by atomic mass is 10.2. The fourth-order valence-corrected chi connectivity index (χ4v) is 2.12. The minimum atomic E-state index is 0.754. The van der Waals surface area contributed by atoms with Gasteiger partial charge in [0.15, 0.2) is 0 Å². The third-order valence-electron chi connectivity index (χ3n) is 2.94. The molecule has 2 aromatic heterocycles. The summed E-state index contributed by atoms with van der Waals surface area (Å²) in [6.45, 7) is 4.77. The van der Waals surface area contributed by atoms with Gasteiger partial charge in [0, 0.05) is 17.8 Å². The van der Waals surface area contributed by atoms with Crippen molar-refractivity contribution >= 4 is 10.9 Å². The molecule has 0 saturated carbocycles. The second-order valence-corrected chi connectivity index (χ2v) is 4.43. The van der Waals surface area contributed by atoms with Crippen LogP contribution in [0, 0.1) is 13.8 Å². The third-order valence-corrected chi connectivity index (χ3v) is 2.94. The predicted molar refractivity (Wildman–Crippen MR) is 67.0 cm³/mol. The third kappa shape index (κ3) is 1.84. The Balaban J connectivity index is 2.00. The molecule has 0 spiro atoms. The zero-order valence-corrected chi connectivity index (χ0v) is 9.97. The van der Waals surface area contributed by atoms with Crippen LogP contribution in [0.5, 0.6) is 0 Å². The largest absolute Gasteiger partial charge is 0.361 e.